The van der Waals surface area contributed by atoms with Crippen LogP contribution in [0.15, 0.2) is 60.4 Å². The van der Waals surface area contributed by atoms with E-state index < -0.39 is 11.5 Å². The fourth-order valence-corrected chi connectivity index (χ4v) is 5.78. The van der Waals surface area contributed by atoms with E-state index in [0.717, 1.165) is 21.5 Å². The predicted octanol–water partition coefficient (Wildman–Crippen LogP) is 3.51. The van der Waals surface area contributed by atoms with Crippen LogP contribution in [0.1, 0.15) is 34.2 Å². The van der Waals surface area contributed by atoms with Crippen molar-refractivity contribution in [3.63, 3.8) is 0 Å². The topological polar surface area (TPSA) is 80.1 Å². The summed E-state index contributed by atoms with van der Waals surface area (Å²) in [5, 5.41) is 3.04. The summed E-state index contributed by atoms with van der Waals surface area (Å²) in [7, 11) is 1.90. The van der Waals surface area contributed by atoms with Crippen LogP contribution in [-0.4, -0.2) is 37.8 Å². The highest BCUT2D eigenvalue weighted by Crippen LogP contribution is 2.54. The van der Waals surface area contributed by atoms with Crippen LogP contribution in [0.5, 0.6) is 0 Å². The van der Waals surface area contributed by atoms with Crippen molar-refractivity contribution in [1.82, 2.24) is 19.4 Å². The number of hydrogen-bond acceptors (Lipinski definition) is 5. The molecule has 7 nitrogen and oxygen atoms in total. The number of benzene rings is 2. The largest absolute Gasteiger partial charge is 0.336 e. The molecule has 2 aromatic heterocycles. The molecule has 2 aromatic carbocycles. The molecule has 31 heavy (non-hydrogen) atoms. The molecule has 4 heterocycles. The molecule has 2 amide bonds. The van der Waals surface area contributed by atoms with Gasteiger partial charge in [0.15, 0.2) is 0 Å². The normalized spacial score (nSPS) is 22.3. The molecule has 1 spiro atoms. The number of imidazole rings is 1. The quantitative estimate of drug-likeness (QED) is 0.529. The molecule has 6 rings (SSSR count). The second-order valence-corrected chi connectivity index (χ2v) is 8.94. The van der Waals surface area contributed by atoms with Crippen LogP contribution < -0.4 is 5.32 Å². The molecule has 8 heteroatoms. The van der Waals surface area contributed by atoms with Crippen molar-refractivity contribution >= 4 is 39.1 Å². The maximum atomic E-state index is 13.7. The molecule has 0 bridgehead atoms. The number of thiazole rings is 1. The van der Waals surface area contributed by atoms with Crippen LogP contribution in [0, 0.1) is 0 Å². The van der Waals surface area contributed by atoms with Crippen molar-refractivity contribution < 1.29 is 9.59 Å². The van der Waals surface area contributed by atoms with Crippen LogP contribution in [0.25, 0.3) is 10.2 Å². The fourth-order valence-electron chi connectivity index (χ4n) is 5.06. The second-order valence-electron chi connectivity index (χ2n) is 8.05. The lowest BCUT2D eigenvalue weighted by molar-refractivity contribution is -0.121. The smallest absolute Gasteiger partial charge is 0.254 e. The van der Waals surface area contributed by atoms with E-state index in [1.165, 1.54) is 11.3 Å². The first-order valence-electron chi connectivity index (χ1n) is 10.1. The van der Waals surface area contributed by atoms with Gasteiger partial charge in [-0.2, -0.15) is 0 Å². The van der Waals surface area contributed by atoms with Gasteiger partial charge in [-0.25, -0.2) is 9.97 Å². The molecule has 0 radical (unpaired) electrons. The number of carbonyl (C=O) groups is 2. The summed E-state index contributed by atoms with van der Waals surface area (Å²) >= 11 is 1.51. The third-order valence-corrected chi connectivity index (χ3v) is 7.32. The summed E-state index contributed by atoms with van der Waals surface area (Å²) in [6.07, 6.45) is 4.11. The number of fused-ring (bicyclic) bond motifs is 3. The Labute approximate surface area is 182 Å². The zero-order chi connectivity index (χ0) is 21.2. The minimum absolute atomic E-state index is 0.0742. The summed E-state index contributed by atoms with van der Waals surface area (Å²) in [6, 6.07) is 12.8. The van der Waals surface area contributed by atoms with E-state index in [-0.39, 0.29) is 11.8 Å². The molecule has 154 valence electrons. The number of anilines is 1. The minimum Gasteiger partial charge on any atom is -0.336 e. The maximum absolute atomic E-state index is 13.7. The van der Waals surface area contributed by atoms with Gasteiger partial charge in [-0.3, -0.25) is 9.59 Å². The molecule has 0 unspecified atom stereocenters. The Morgan fingerprint density at radius 2 is 2.10 bits per heavy atom. The number of aryl methyl sites for hydroxylation is 1. The lowest BCUT2D eigenvalue weighted by Crippen LogP contribution is -2.43. The summed E-state index contributed by atoms with van der Waals surface area (Å²) in [6.45, 7) is 0.471. The molecule has 1 saturated heterocycles. The lowest BCUT2D eigenvalue weighted by Gasteiger charge is -2.33. The lowest BCUT2D eigenvalue weighted by atomic mass is 9.74. The van der Waals surface area contributed by atoms with Gasteiger partial charge in [-0.15, -0.1) is 11.3 Å². The Hall–Kier alpha value is -3.52. The Bertz CT molecular complexity index is 1360. The molecule has 1 N–H and O–H groups in total. The number of rotatable bonds is 2. The van der Waals surface area contributed by atoms with Crippen molar-refractivity contribution in [2.45, 2.75) is 17.9 Å². The molecule has 4 aromatic rings. The second kappa shape index (κ2) is 6.49. The van der Waals surface area contributed by atoms with E-state index >= 15 is 0 Å². The summed E-state index contributed by atoms with van der Waals surface area (Å²) in [5.41, 5.74) is 4.14. The fraction of sp³-hybridized carbons (Fsp3) is 0.217. The number of likely N-dealkylation sites (tertiary alicyclic amines) is 1. The number of aromatic nitrogens is 3. The third kappa shape index (κ3) is 2.45. The third-order valence-electron chi connectivity index (χ3n) is 6.53. The van der Waals surface area contributed by atoms with Gasteiger partial charge in [-0.1, -0.05) is 18.2 Å². The first kappa shape index (κ1) is 18.3. The Morgan fingerprint density at radius 3 is 2.94 bits per heavy atom. The maximum Gasteiger partial charge on any atom is 0.254 e. The monoisotopic (exact) mass is 429 g/mol. The number of nitrogens with zero attached hydrogens (tertiary/aromatic N) is 4. The van der Waals surface area contributed by atoms with Gasteiger partial charge in [0, 0.05) is 37.2 Å². The highest BCUT2D eigenvalue weighted by molar-refractivity contribution is 7.16. The number of carbonyl (C=O) groups excluding carboxylic acids is 2. The van der Waals surface area contributed by atoms with Gasteiger partial charge in [0.25, 0.3) is 5.91 Å². The molecule has 0 saturated carbocycles. The first-order chi connectivity index (χ1) is 15.1. The zero-order valence-corrected chi connectivity index (χ0v) is 17.6. The molecule has 2 aliphatic rings. The van der Waals surface area contributed by atoms with Gasteiger partial charge in [0.05, 0.1) is 15.7 Å². The number of para-hydroxylation sites is 1. The Morgan fingerprint density at radius 1 is 1.23 bits per heavy atom. The number of nitrogens with one attached hydrogen (secondary N) is 1. The molecule has 0 aliphatic carbocycles. The van der Waals surface area contributed by atoms with Crippen LogP contribution in [0.3, 0.4) is 0 Å². The van der Waals surface area contributed by atoms with Crippen molar-refractivity contribution in [2.75, 3.05) is 11.9 Å². The van der Waals surface area contributed by atoms with Crippen molar-refractivity contribution in [3.8, 4) is 0 Å². The predicted molar refractivity (Wildman–Crippen MR) is 118 cm³/mol. The van der Waals surface area contributed by atoms with E-state index in [9.17, 15) is 9.59 Å². The van der Waals surface area contributed by atoms with Crippen molar-refractivity contribution in [1.29, 1.82) is 0 Å². The molecule has 1 fully saturated rings. The molecule has 2 aliphatic heterocycles. The van der Waals surface area contributed by atoms with Gasteiger partial charge < -0.3 is 14.8 Å². The van der Waals surface area contributed by atoms with Gasteiger partial charge in [-0.05, 0) is 36.2 Å². The summed E-state index contributed by atoms with van der Waals surface area (Å²) < 4.78 is 2.87. The van der Waals surface area contributed by atoms with Crippen LogP contribution in [-0.2, 0) is 17.3 Å². The molecule has 2 atom stereocenters. The van der Waals surface area contributed by atoms with Gasteiger partial charge in [0.1, 0.15) is 17.3 Å². The summed E-state index contributed by atoms with van der Waals surface area (Å²) in [5.74, 6) is 0.531. The van der Waals surface area contributed by atoms with E-state index in [2.05, 4.69) is 15.3 Å². The van der Waals surface area contributed by atoms with Crippen LogP contribution in [0.4, 0.5) is 5.69 Å². The molecular formula is C23H19N5O2S. The highest BCUT2D eigenvalue weighted by atomic mass is 32.1. The number of amides is 2. The number of hydrogen-bond donors (Lipinski definition) is 1. The zero-order valence-electron chi connectivity index (χ0n) is 16.8. The van der Waals surface area contributed by atoms with Crippen LogP contribution in [0.2, 0.25) is 0 Å². The summed E-state index contributed by atoms with van der Waals surface area (Å²) in [4.78, 5) is 37.8. The van der Waals surface area contributed by atoms with E-state index in [4.69, 9.17) is 0 Å². The van der Waals surface area contributed by atoms with E-state index in [1.807, 2.05) is 65.2 Å². The van der Waals surface area contributed by atoms with Gasteiger partial charge in [0.2, 0.25) is 5.91 Å². The first-order valence-corrected chi connectivity index (χ1v) is 11.0. The average Bonchev–Trinajstić information content (AvgIpc) is 3.54. The van der Waals surface area contributed by atoms with Gasteiger partial charge >= 0.3 is 0 Å². The van der Waals surface area contributed by atoms with Crippen molar-refractivity contribution in [3.05, 3.63) is 77.3 Å². The SMILES string of the molecule is Cn1ccnc1[C@@H]1N(C(=O)c2ccc3ncsc3c2)CC[C@]12C(=O)Nc1ccccc12. The standard InChI is InChI=1S/C23H19N5O2S/c1-27-11-9-24-20(27)19-23(15-4-2-3-5-16(15)26-22(23)30)8-10-28(19)21(29)14-6-7-17-18(12-14)31-13-25-17/h2-7,9,11-13,19H,8,10H2,1H3,(H,26,30)/t19-,23+/m0/s1. The average molecular weight is 430 g/mol. The van der Waals surface area contributed by atoms with Crippen LogP contribution >= 0.6 is 11.3 Å². The van der Waals surface area contributed by atoms with E-state index in [1.54, 1.807) is 11.7 Å². The van der Waals surface area contributed by atoms with Crippen molar-refractivity contribution in [2.24, 2.45) is 7.05 Å². The molecular weight excluding hydrogens is 410 g/mol. The Balaban J connectivity index is 1.51. The highest BCUT2D eigenvalue weighted by Gasteiger charge is 2.60. The van der Waals surface area contributed by atoms with E-state index in [0.29, 0.717) is 24.4 Å². The Kier molecular flexibility index (Phi) is 3.82. The minimum atomic E-state index is -0.861.